The van der Waals surface area contributed by atoms with E-state index >= 15 is 0 Å². The number of para-hydroxylation sites is 1. The maximum atomic E-state index is 13.3. The van der Waals surface area contributed by atoms with Gasteiger partial charge in [0, 0.05) is 28.6 Å². The summed E-state index contributed by atoms with van der Waals surface area (Å²) in [5.74, 6) is 0.663. The average molecular weight is 409 g/mol. The number of nitrogens with two attached hydrogens (primary N) is 1. The Morgan fingerprint density at radius 1 is 0.968 bits per heavy atom. The number of aromatic amines is 1. The van der Waals surface area contributed by atoms with E-state index in [1.807, 2.05) is 85.1 Å². The van der Waals surface area contributed by atoms with Gasteiger partial charge in [-0.2, -0.15) is 0 Å². The molecule has 0 fully saturated rings. The van der Waals surface area contributed by atoms with E-state index in [2.05, 4.69) is 4.98 Å². The zero-order valence-corrected chi connectivity index (χ0v) is 17.0. The van der Waals surface area contributed by atoms with Crippen LogP contribution in [-0.2, 0) is 13.0 Å². The van der Waals surface area contributed by atoms with E-state index in [-0.39, 0.29) is 5.91 Å². The molecule has 0 aliphatic heterocycles. The van der Waals surface area contributed by atoms with E-state index in [1.165, 1.54) is 0 Å². The number of fused-ring (bicyclic) bond motifs is 2. The number of ether oxygens (including phenoxy) is 1. The van der Waals surface area contributed by atoms with Crippen molar-refractivity contribution in [1.29, 1.82) is 0 Å². The molecule has 5 nitrogen and oxygen atoms in total. The second-order valence-electron chi connectivity index (χ2n) is 7.59. The molecule has 3 N–H and O–H groups in total. The lowest BCUT2D eigenvalue weighted by molar-refractivity contribution is 0.0960. The van der Waals surface area contributed by atoms with Crippen molar-refractivity contribution in [2.75, 3.05) is 6.54 Å². The number of hydrogen-bond acceptors (Lipinski definition) is 3. The lowest BCUT2D eigenvalue weighted by Crippen LogP contribution is -2.11. The summed E-state index contributed by atoms with van der Waals surface area (Å²) in [4.78, 5) is 16.6. The van der Waals surface area contributed by atoms with Crippen molar-refractivity contribution in [3.63, 3.8) is 0 Å². The summed E-state index contributed by atoms with van der Waals surface area (Å²) < 4.78 is 7.63. The molecule has 5 heteroatoms. The number of aromatic nitrogens is 2. The van der Waals surface area contributed by atoms with Gasteiger partial charge in [0.05, 0.1) is 5.52 Å². The van der Waals surface area contributed by atoms with E-state index in [0.29, 0.717) is 18.8 Å². The lowest BCUT2D eigenvalue weighted by Gasteiger charge is -2.06. The van der Waals surface area contributed by atoms with E-state index < -0.39 is 0 Å². The minimum atomic E-state index is -0.0950. The number of carbonyl (C=O) groups is 1. The molecule has 0 spiro atoms. The highest BCUT2D eigenvalue weighted by atomic mass is 16.5. The standard InChI is InChI=1S/C26H23N3O2/c27-13-12-20-16-29(25-9-5-4-8-22(20)25)26(30)24-14-19-10-11-21(15-23(19)28-24)31-17-18-6-2-1-3-7-18/h1-11,14-16,28H,12-13,17,27H2. The fraction of sp³-hybridized carbons (Fsp3) is 0.115. The fourth-order valence-electron chi connectivity index (χ4n) is 3.95. The van der Waals surface area contributed by atoms with Crippen molar-refractivity contribution in [2.24, 2.45) is 5.73 Å². The molecular formula is C26H23N3O2. The zero-order valence-electron chi connectivity index (χ0n) is 17.0. The van der Waals surface area contributed by atoms with E-state index in [9.17, 15) is 4.79 Å². The Morgan fingerprint density at radius 3 is 2.61 bits per heavy atom. The number of benzene rings is 3. The predicted molar refractivity (Wildman–Crippen MR) is 123 cm³/mol. The summed E-state index contributed by atoms with van der Waals surface area (Å²) in [5, 5.41) is 2.03. The normalized spacial score (nSPS) is 11.3. The second kappa shape index (κ2) is 8.13. The molecule has 0 bridgehead atoms. The lowest BCUT2D eigenvalue weighted by atomic mass is 10.1. The van der Waals surface area contributed by atoms with Gasteiger partial charge in [0.2, 0.25) is 0 Å². The Kier molecular flexibility index (Phi) is 5.02. The number of hydrogen-bond donors (Lipinski definition) is 2. The first kappa shape index (κ1) is 19.2. The molecular weight excluding hydrogens is 386 g/mol. The Morgan fingerprint density at radius 2 is 1.77 bits per heavy atom. The molecule has 0 saturated heterocycles. The number of carbonyl (C=O) groups excluding carboxylic acids is 1. The van der Waals surface area contributed by atoms with Crippen molar-refractivity contribution < 1.29 is 9.53 Å². The Hall–Kier alpha value is -3.83. The largest absolute Gasteiger partial charge is 0.489 e. The topological polar surface area (TPSA) is 73.0 Å². The number of H-pyrrole nitrogens is 1. The van der Waals surface area contributed by atoms with E-state index in [0.717, 1.165) is 45.1 Å². The van der Waals surface area contributed by atoms with Crippen LogP contribution in [0.25, 0.3) is 21.8 Å². The predicted octanol–water partition coefficient (Wildman–Crippen LogP) is 4.89. The molecule has 2 heterocycles. The second-order valence-corrected chi connectivity index (χ2v) is 7.59. The maximum Gasteiger partial charge on any atom is 0.278 e. The van der Waals surface area contributed by atoms with Gasteiger partial charge in [-0.1, -0.05) is 48.5 Å². The van der Waals surface area contributed by atoms with Gasteiger partial charge in [-0.25, -0.2) is 0 Å². The summed E-state index contributed by atoms with van der Waals surface area (Å²) in [6, 6.07) is 25.7. The first-order valence-corrected chi connectivity index (χ1v) is 10.4. The SMILES string of the molecule is NCCc1cn(C(=O)c2cc3ccc(OCc4ccccc4)cc3[nH]2)c2ccccc12. The van der Waals surface area contributed by atoms with Crippen LogP contribution in [0.4, 0.5) is 0 Å². The van der Waals surface area contributed by atoms with Gasteiger partial charge < -0.3 is 15.5 Å². The molecule has 5 rings (SSSR count). The van der Waals surface area contributed by atoms with Crippen LogP contribution >= 0.6 is 0 Å². The summed E-state index contributed by atoms with van der Waals surface area (Å²) in [5.41, 5.74) is 10.2. The first-order chi connectivity index (χ1) is 15.2. The van der Waals surface area contributed by atoms with Crippen LogP contribution in [0, 0.1) is 0 Å². The molecule has 0 amide bonds. The van der Waals surface area contributed by atoms with Gasteiger partial charge in [0.1, 0.15) is 18.1 Å². The molecule has 2 aromatic heterocycles. The van der Waals surface area contributed by atoms with Gasteiger partial charge in [-0.15, -0.1) is 0 Å². The molecule has 0 aliphatic carbocycles. The van der Waals surface area contributed by atoms with Crippen LogP contribution in [-0.4, -0.2) is 22.0 Å². The van der Waals surface area contributed by atoms with Gasteiger partial charge in [-0.3, -0.25) is 9.36 Å². The maximum absolute atomic E-state index is 13.3. The summed E-state index contributed by atoms with van der Waals surface area (Å²) in [7, 11) is 0. The van der Waals surface area contributed by atoms with Crippen LogP contribution in [0.5, 0.6) is 5.75 Å². The first-order valence-electron chi connectivity index (χ1n) is 10.4. The number of rotatable bonds is 6. The van der Waals surface area contributed by atoms with Crippen molar-refractivity contribution in [1.82, 2.24) is 9.55 Å². The van der Waals surface area contributed by atoms with Gasteiger partial charge in [0.25, 0.3) is 5.91 Å². The van der Waals surface area contributed by atoms with Crippen LogP contribution in [0.2, 0.25) is 0 Å². The summed E-state index contributed by atoms with van der Waals surface area (Å²) >= 11 is 0. The smallest absolute Gasteiger partial charge is 0.278 e. The highest BCUT2D eigenvalue weighted by molar-refractivity contribution is 6.04. The molecule has 0 radical (unpaired) electrons. The Bertz CT molecular complexity index is 1370. The monoisotopic (exact) mass is 409 g/mol. The number of nitrogens with one attached hydrogen (secondary N) is 1. The van der Waals surface area contributed by atoms with E-state index in [1.54, 1.807) is 4.57 Å². The van der Waals surface area contributed by atoms with Crippen LogP contribution in [0.15, 0.2) is 85.1 Å². The highest BCUT2D eigenvalue weighted by Gasteiger charge is 2.17. The molecule has 5 aromatic rings. The molecule has 0 atom stereocenters. The molecule has 154 valence electrons. The van der Waals surface area contributed by atoms with Crippen molar-refractivity contribution in [3.8, 4) is 5.75 Å². The third kappa shape index (κ3) is 3.71. The third-order valence-corrected chi connectivity index (χ3v) is 5.50. The molecule has 0 unspecified atom stereocenters. The Labute approximate surface area is 180 Å². The van der Waals surface area contributed by atoms with Crippen LogP contribution in [0.3, 0.4) is 0 Å². The molecule has 0 saturated carbocycles. The minimum Gasteiger partial charge on any atom is -0.489 e. The van der Waals surface area contributed by atoms with Gasteiger partial charge in [0.15, 0.2) is 0 Å². The average Bonchev–Trinajstić information content (AvgIpc) is 3.40. The summed E-state index contributed by atoms with van der Waals surface area (Å²) in [6.07, 6.45) is 2.63. The molecule has 3 aromatic carbocycles. The van der Waals surface area contributed by atoms with Crippen molar-refractivity contribution >= 4 is 27.7 Å². The fourth-order valence-corrected chi connectivity index (χ4v) is 3.95. The summed E-state index contributed by atoms with van der Waals surface area (Å²) in [6.45, 7) is 1.04. The number of nitrogens with zero attached hydrogens (tertiary/aromatic N) is 1. The van der Waals surface area contributed by atoms with E-state index in [4.69, 9.17) is 10.5 Å². The van der Waals surface area contributed by atoms with Gasteiger partial charge in [-0.05, 0) is 48.4 Å². The highest BCUT2D eigenvalue weighted by Crippen LogP contribution is 2.26. The van der Waals surface area contributed by atoms with Crippen LogP contribution in [0.1, 0.15) is 21.6 Å². The van der Waals surface area contributed by atoms with Crippen molar-refractivity contribution in [2.45, 2.75) is 13.0 Å². The van der Waals surface area contributed by atoms with Crippen LogP contribution < -0.4 is 10.5 Å². The Balaban J connectivity index is 1.44. The van der Waals surface area contributed by atoms with Crippen molar-refractivity contribution in [3.05, 3.63) is 102 Å². The van der Waals surface area contributed by atoms with Gasteiger partial charge >= 0.3 is 0 Å². The zero-order chi connectivity index (χ0) is 21.2. The quantitative estimate of drug-likeness (QED) is 0.419. The molecule has 31 heavy (non-hydrogen) atoms. The molecule has 0 aliphatic rings. The minimum absolute atomic E-state index is 0.0950. The third-order valence-electron chi connectivity index (χ3n) is 5.50.